The van der Waals surface area contributed by atoms with Gasteiger partial charge in [-0.15, -0.1) is 0 Å². The van der Waals surface area contributed by atoms with Gasteiger partial charge < -0.3 is 4.74 Å². The highest BCUT2D eigenvalue weighted by Gasteiger charge is 2.13. The van der Waals surface area contributed by atoms with Crippen molar-refractivity contribution in [3.05, 3.63) is 23.8 Å². The maximum absolute atomic E-state index is 11.5. The molecule has 0 saturated heterocycles. The number of benzene rings is 1. The fourth-order valence-electron chi connectivity index (χ4n) is 1.63. The lowest BCUT2D eigenvalue weighted by Gasteiger charge is -2.10. The van der Waals surface area contributed by atoms with Crippen molar-refractivity contribution in [3.8, 4) is 5.75 Å². The normalized spacial score (nSPS) is 12.3. The first-order valence-electron chi connectivity index (χ1n) is 6.04. The predicted octanol–water partition coefficient (Wildman–Crippen LogP) is 2.13. The summed E-state index contributed by atoms with van der Waals surface area (Å²) in [5, 5.41) is 0. The Morgan fingerprint density at radius 2 is 1.80 bits per heavy atom. The predicted molar refractivity (Wildman–Crippen MR) is 78.7 cm³/mol. The van der Waals surface area contributed by atoms with E-state index in [0.717, 1.165) is 0 Å². The van der Waals surface area contributed by atoms with Crippen LogP contribution in [0.25, 0.3) is 0 Å². The summed E-state index contributed by atoms with van der Waals surface area (Å²) in [6, 6.07) is 4.18. The molecule has 0 unspecified atom stereocenters. The van der Waals surface area contributed by atoms with Crippen LogP contribution in [0.1, 0.15) is 18.9 Å². The Kier molecular flexibility index (Phi) is 5.85. The van der Waals surface area contributed by atoms with Crippen LogP contribution in [-0.2, 0) is 18.9 Å². The maximum atomic E-state index is 11.5. The van der Waals surface area contributed by atoms with E-state index >= 15 is 0 Å². The molecule has 0 atom stereocenters. The van der Waals surface area contributed by atoms with Crippen molar-refractivity contribution in [1.29, 1.82) is 0 Å². The molecule has 0 aliphatic carbocycles. The second-order valence-corrected chi connectivity index (χ2v) is 9.24. The highest BCUT2D eigenvalue weighted by Crippen LogP contribution is 2.23. The zero-order valence-electron chi connectivity index (χ0n) is 11.3. The highest BCUT2D eigenvalue weighted by molar-refractivity contribution is 8.13. The van der Waals surface area contributed by atoms with Gasteiger partial charge in [-0.1, -0.05) is 6.92 Å². The molecule has 0 fully saturated rings. The van der Waals surface area contributed by atoms with Gasteiger partial charge >= 0.3 is 0 Å². The summed E-state index contributed by atoms with van der Waals surface area (Å²) in [5.74, 6) is 0.523. The average molecular weight is 341 g/mol. The second-order valence-electron chi connectivity index (χ2n) is 4.37. The highest BCUT2D eigenvalue weighted by atomic mass is 35.7. The third-order valence-corrected chi connectivity index (χ3v) is 5.77. The van der Waals surface area contributed by atoms with Crippen LogP contribution in [-0.4, -0.2) is 34.9 Å². The molecule has 0 spiro atoms. The summed E-state index contributed by atoms with van der Waals surface area (Å²) in [5.41, 5.74) is 0.583. The summed E-state index contributed by atoms with van der Waals surface area (Å²) < 4.78 is 50.7. The lowest BCUT2D eigenvalue weighted by atomic mass is 10.2. The number of halogens is 1. The molecule has 0 aromatic heterocycles. The van der Waals surface area contributed by atoms with Gasteiger partial charge in [0.2, 0.25) is 0 Å². The van der Waals surface area contributed by atoms with E-state index in [1.807, 2.05) is 0 Å². The Labute approximate surface area is 124 Å². The Morgan fingerprint density at radius 1 is 1.15 bits per heavy atom. The third-order valence-electron chi connectivity index (χ3n) is 2.59. The smallest absolute Gasteiger partial charge is 0.261 e. The molecular formula is C12H17ClO5S2. The number of hydrogen-bond donors (Lipinski definition) is 0. The third kappa shape index (κ3) is 5.30. The minimum atomic E-state index is -3.77. The van der Waals surface area contributed by atoms with Gasteiger partial charge in [0.05, 0.1) is 16.4 Å². The van der Waals surface area contributed by atoms with E-state index in [1.54, 1.807) is 13.8 Å². The quantitative estimate of drug-likeness (QED) is 0.710. The standard InChI is InChI=1S/C12H17ClO5S2/c1-3-7-19(14,15)8-6-18-12-5-4-11(9-10(12)2)20(13,16)17/h4-5,9H,3,6-8H2,1-2H3. The van der Waals surface area contributed by atoms with Gasteiger partial charge in [0.1, 0.15) is 12.4 Å². The minimum absolute atomic E-state index is 0.0115. The molecular weight excluding hydrogens is 324 g/mol. The molecule has 0 heterocycles. The molecule has 0 N–H and O–H groups in total. The van der Waals surface area contributed by atoms with Gasteiger partial charge in [0.25, 0.3) is 9.05 Å². The van der Waals surface area contributed by atoms with Gasteiger partial charge in [-0.3, -0.25) is 0 Å². The van der Waals surface area contributed by atoms with Crippen LogP contribution in [0.5, 0.6) is 5.75 Å². The van der Waals surface area contributed by atoms with Crippen molar-refractivity contribution in [2.45, 2.75) is 25.2 Å². The minimum Gasteiger partial charge on any atom is -0.492 e. The van der Waals surface area contributed by atoms with E-state index < -0.39 is 18.9 Å². The SMILES string of the molecule is CCCS(=O)(=O)CCOc1ccc(S(=O)(=O)Cl)cc1C. The van der Waals surface area contributed by atoms with Gasteiger partial charge in [0, 0.05) is 10.7 Å². The molecule has 0 aliphatic heterocycles. The molecule has 1 aromatic carbocycles. The topological polar surface area (TPSA) is 77.5 Å². The molecule has 0 bridgehead atoms. The van der Waals surface area contributed by atoms with E-state index in [4.69, 9.17) is 15.4 Å². The molecule has 8 heteroatoms. The Bertz CT molecular complexity index is 665. The summed E-state index contributed by atoms with van der Waals surface area (Å²) in [6.45, 7) is 3.51. The van der Waals surface area contributed by atoms with Crippen molar-refractivity contribution < 1.29 is 21.6 Å². The fourth-order valence-corrected chi connectivity index (χ4v) is 3.63. The van der Waals surface area contributed by atoms with Gasteiger partial charge in [-0.25, -0.2) is 16.8 Å². The van der Waals surface area contributed by atoms with Crippen molar-refractivity contribution in [2.24, 2.45) is 0 Å². The van der Waals surface area contributed by atoms with Crippen LogP contribution in [0, 0.1) is 6.92 Å². The first kappa shape index (κ1) is 17.3. The Hall–Kier alpha value is -0.790. The van der Waals surface area contributed by atoms with E-state index in [2.05, 4.69) is 0 Å². The molecule has 1 rings (SSSR count). The molecule has 0 radical (unpaired) electrons. The summed E-state index contributed by atoms with van der Waals surface area (Å²) in [4.78, 5) is -0.0115. The lowest BCUT2D eigenvalue weighted by molar-refractivity contribution is 0.338. The molecule has 0 amide bonds. The first-order valence-corrected chi connectivity index (χ1v) is 10.2. The number of hydrogen-bond acceptors (Lipinski definition) is 5. The van der Waals surface area contributed by atoms with Crippen LogP contribution in [0.3, 0.4) is 0 Å². The first-order chi connectivity index (χ1) is 9.15. The summed E-state index contributed by atoms with van der Waals surface area (Å²) >= 11 is 0. The van der Waals surface area contributed by atoms with Crippen molar-refractivity contribution in [3.63, 3.8) is 0 Å². The zero-order valence-corrected chi connectivity index (χ0v) is 13.7. The number of ether oxygens (including phenoxy) is 1. The molecule has 20 heavy (non-hydrogen) atoms. The van der Waals surface area contributed by atoms with E-state index in [0.29, 0.717) is 17.7 Å². The molecule has 5 nitrogen and oxygen atoms in total. The lowest BCUT2D eigenvalue weighted by Crippen LogP contribution is -2.17. The molecule has 0 saturated carbocycles. The van der Waals surface area contributed by atoms with Crippen LogP contribution in [0.2, 0.25) is 0 Å². The molecule has 1 aromatic rings. The van der Waals surface area contributed by atoms with Crippen LogP contribution >= 0.6 is 10.7 Å². The van der Waals surface area contributed by atoms with Crippen LogP contribution in [0.4, 0.5) is 0 Å². The number of rotatable bonds is 7. The fraction of sp³-hybridized carbons (Fsp3) is 0.500. The molecule has 0 aliphatic rings. The number of sulfone groups is 1. The van der Waals surface area contributed by atoms with Crippen molar-refractivity contribution >= 4 is 29.6 Å². The Balaban J connectivity index is 2.71. The monoisotopic (exact) mass is 340 g/mol. The summed E-state index contributed by atoms with van der Waals surface area (Å²) in [6.07, 6.45) is 0.573. The van der Waals surface area contributed by atoms with Crippen molar-refractivity contribution in [2.75, 3.05) is 18.1 Å². The van der Waals surface area contributed by atoms with Crippen molar-refractivity contribution in [1.82, 2.24) is 0 Å². The molecule has 114 valence electrons. The van der Waals surface area contributed by atoms with E-state index in [1.165, 1.54) is 18.2 Å². The maximum Gasteiger partial charge on any atom is 0.261 e. The Morgan fingerprint density at radius 3 is 2.30 bits per heavy atom. The number of aryl methyl sites for hydroxylation is 1. The van der Waals surface area contributed by atoms with Crippen LogP contribution < -0.4 is 4.74 Å². The van der Waals surface area contributed by atoms with Gasteiger partial charge in [-0.2, -0.15) is 0 Å². The van der Waals surface area contributed by atoms with E-state index in [-0.39, 0.29) is 23.0 Å². The summed E-state index contributed by atoms with van der Waals surface area (Å²) in [7, 11) is -1.63. The van der Waals surface area contributed by atoms with Crippen LogP contribution in [0.15, 0.2) is 23.1 Å². The zero-order chi connectivity index (χ0) is 15.4. The largest absolute Gasteiger partial charge is 0.492 e. The van der Waals surface area contributed by atoms with Gasteiger partial charge in [0.15, 0.2) is 9.84 Å². The van der Waals surface area contributed by atoms with Gasteiger partial charge in [-0.05, 0) is 37.1 Å². The second kappa shape index (κ2) is 6.78. The average Bonchev–Trinajstić information content (AvgIpc) is 2.29. The van der Waals surface area contributed by atoms with E-state index in [9.17, 15) is 16.8 Å².